The molecule has 1 fully saturated rings. The third-order valence-corrected chi connectivity index (χ3v) is 8.71. The largest absolute Gasteiger partial charge is 0.489 e. The maximum atomic E-state index is 13.4. The van der Waals surface area contributed by atoms with Crippen LogP contribution in [0, 0.1) is 5.92 Å². The number of carbonyl (C=O) groups is 3. The quantitative estimate of drug-likeness (QED) is 0.445. The first-order valence-electron chi connectivity index (χ1n) is 10.4. The normalized spacial score (nSPS) is 21.1. The molecular formula is C23H16Cl2N2O6S2. The standard InChI is InChI=1S/C23H16Cl2N2O6S2/c24-11-3-1-10(2-4-11)9-33-14-6-5-12(25)7-13(14)16-17-19(34-20-18(16)35-23(32)26-20)22(31)27(21(17)30)8-15(28)29/h1-7,16-17,19H,8-9H2,(H,26,32)(H,28,29)/t16-,17+,19-/m0/s1. The van der Waals surface area contributed by atoms with E-state index in [4.69, 9.17) is 27.9 Å². The van der Waals surface area contributed by atoms with Crippen LogP contribution in [-0.2, 0) is 21.0 Å². The summed E-state index contributed by atoms with van der Waals surface area (Å²) in [5, 5.41) is 9.81. The van der Waals surface area contributed by atoms with E-state index in [1.54, 1.807) is 30.3 Å². The minimum Gasteiger partial charge on any atom is -0.489 e. The molecule has 3 atom stereocenters. The number of benzene rings is 2. The number of halogens is 2. The van der Waals surface area contributed by atoms with Gasteiger partial charge >= 0.3 is 10.8 Å². The summed E-state index contributed by atoms with van der Waals surface area (Å²) in [4.78, 5) is 53.7. The molecule has 5 rings (SSSR count). The van der Waals surface area contributed by atoms with Gasteiger partial charge in [-0.1, -0.05) is 58.4 Å². The minimum atomic E-state index is -1.29. The highest BCUT2D eigenvalue weighted by molar-refractivity contribution is 8.00. The van der Waals surface area contributed by atoms with Crippen LogP contribution in [0.5, 0.6) is 5.75 Å². The Morgan fingerprint density at radius 1 is 1.06 bits per heavy atom. The van der Waals surface area contributed by atoms with Crippen molar-refractivity contribution in [3.63, 3.8) is 0 Å². The predicted octanol–water partition coefficient (Wildman–Crippen LogP) is 4.00. The molecule has 2 aliphatic heterocycles. The fourth-order valence-corrected chi connectivity index (χ4v) is 7.17. The molecule has 0 bridgehead atoms. The van der Waals surface area contributed by atoms with E-state index in [0.29, 0.717) is 31.3 Å². The molecule has 2 aliphatic rings. The highest BCUT2D eigenvalue weighted by Gasteiger charge is 2.56. The van der Waals surface area contributed by atoms with Crippen LogP contribution >= 0.6 is 46.3 Å². The summed E-state index contributed by atoms with van der Waals surface area (Å²) in [6.45, 7) is -0.521. The first kappa shape index (κ1) is 23.9. The van der Waals surface area contributed by atoms with Gasteiger partial charge in [-0.2, -0.15) is 0 Å². The van der Waals surface area contributed by atoms with Gasteiger partial charge in [-0.25, -0.2) is 0 Å². The topological polar surface area (TPSA) is 117 Å². The van der Waals surface area contributed by atoms with Crippen LogP contribution in [-0.4, -0.2) is 44.6 Å². The number of carbonyl (C=O) groups excluding carboxylic acids is 2. The molecule has 3 aromatic rings. The van der Waals surface area contributed by atoms with Gasteiger partial charge in [0.2, 0.25) is 11.8 Å². The lowest BCUT2D eigenvalue weighted by Gasteiger charge is -2.31. The van der Waals surface area contributed by atoms with E-state index in [9.17, 15) is 24.3 Å². The van der Waals surface area contributed by atoms with E-state index < -0.39 is 41.4 Å². The maximum absolute atomic E-state index is 13.4. The number of H-pyrrole nitrogens is 1. The van der Waals surface area contributed by atoms with Crippen molar-refractivity contribution in [2.45, 2.75) is 22.8 Å². The molecule has 2 amide bonds. The predicted molar refractivity (Wildman–Crippen MR) is 132 cm³/mol. The molecule has 0 spiro atoms. The van der Waals surface area contributed by atoms with Gasteiger partial charge < -0.3 is 14.8 Å². The number of rotatable bonds is 6. The molecule has 2 aromatic carbocycles. The number of amides is 2. The lowest BCUT2D eigenvalue weighted by atomic mass is 9.82. The lowest BCUT2D eigenvalue weighted by molar-refractivity contribution is -0.149. The van der Waals surface area contributed by atoms with Crippen LogP contribution in [0.15, 0.2) is 52.3 Å². The van der Waals surface area contributed by atoms with Crippen molar-refractivity contribution in [1.29, 1.82) is 0 Å². The first-order valence-corrected chi connectivity index (χ1v) is 12.8. The highest BCUT2D eigenvalue weighted by atomic mass is 35.5. The number of aliphatic carboxylic acids is 1. The smallest absolute Gasteiger partial charge is 0.323 e. The number of hydrogen-bond acceptors (Lipinski definition) is 7. The molecule has 180 valence electrons. The SMILES string of the molecule is O=C(O)CN1C(=O)[C@@H]2[C@H](c3cc(Cl)ccc3OCc3ccc(Cl)cc3)c3sc(=O)[nH]c3S[C@@H]2C1=O. The van der Waals surface area contributed by atoms with Crippen molar-refractivity contribution in [3.05, 3.63) is 78.2 Å². The Morgan fingerprint density at radius 3 is 2.49 bits per heavy atom. The second-order valence-electron chi connectivity index (χ2n) is 8.00. The third-order valence-electron chi connectivity index (χ3n) is 5.82. The second kappa shape index (κ2) is 9.34. The Labute approximate surface area is 216 Å². The summed E-state index contributed by atoms with van der Waals surface area (Å²) in [5.41, 5.74) is 1.40. The second-order valence-corrected chi connectivity index (χ2v) is 11.0. The zero-order chi connectivity index (χ0) is 24.9. The molecule has 2 N–H and O–H groups in total. The first-order chi connectivity index (χ1) is 16.7. The number of thiazole rings is 1. The van der Waals surface area contributed by atoms with Crippen LogP contribution in [0.25, 0.3) is 0 Å². The summed E-state index contributed by atoms with van der Waals surface area (Å²) >= 11 is 14.3. The van der Waals surface area contributed by atoms with Gasteiger partial charge in [0.05, 0.1) is 10.9 Å². The number of fused-ring (bicyclic) bond motifs is 2. The molecule has 0 saturated carbocycles. The molecule has 35 heavy (non-hydrogen) atoms. The van der Waals surface area contributed by atoms with Crippen molar-refractivity contribution in [3.8, 4) is 5.75 Å². The number of carboxylic acids is 1. The number of carboxylic acid groups (broad SMARTS) is 1. The fourth-order valence-electron chi connectivity index (χ4n) is 4.34. The fraction of sp³-hybridized carbons (Fsp3) is 0.217. The van der Waals surface area contributed by atoms with E-state index in [1.165, 1.54) is 0 Å². The number of aromatic nitrogens is 1. The van der Waals surface area contributed by atoms with Gasteiger partial charge in [-0.05, 0) is 35.9 Å². The van der Waals surface area contributed by atoms with Crippen molar-refractivity contribution in [2.24, 2.45) is 5.92 Å². The van der Waals surface area contributed by atoms with Crippen molar-refractivity contribution < 1.29 is 24.2 Å². The van der Waals surface area contributed by atoms with Gasteiger partial charge in [0, 0.05) is 26.4 Å². The molecule has 0 unspecified atom stereocenters. The average molecular weight is 551 g/mol. The summed E-state index contributed by atoms with van der Waals surface area (Å²) < 4.78 is 6.10. The molecule has 1 aromatic heterocycles. The number of nitrogens with one attached hydrogen (secondary N) is 1. The van der Waals surface area contributed by atoms with Gasteiger partial charge in [0.1, 0.15) is 24.2 Å². The number of thioether (sulfide) groups is 1. The Morgan fingerprint density at radius 2 is 1.77 bits per heavy atom. The summed E-state index contributed by atoms with van der Waals surface area (Å²) in [7, 11) is 0. The van der Waals surface area contributed by atoms with Gasteiger partial charge in [-0.3, -0.25) is 24.1 Å². The Hall–Kier alpha value is -2.79. The van der Waals surface area contributed by atoms with Gasteiger partial charge in [0.15, 0.2) is 0 Å². The van der Waals surface area contributed by atoms with E-state index >= 15 is 0 Å². The minimum absolute atomic E-state index is 0.204. The zero-order valence-electron chi connectivity index (χ0n) is 17.7. The maximum Gasteiger partial charge on any atom is 0.323 e. The molecule has 8 nitrogen and oxygen atoms in total. The summed E-state index contributed by atoms with van der Waals surface area (Å²) in [5.74, 6) is -3.69. The number of ether oxygens (including phenoxy) is 1. The summed E-state index contributed by atoms with van der Waals surface area (Å²) in [6.07, 6.45) is 0. The zero-order valence-corrected chi connectivity index (χ0v) is 20.8. The Balaban J connectivity index is 1.58. The number of hydrogen-bond donors (Lipinski definition) is 2. The van der Waals surface area contributed by atoms with Crippen LogP contribution in [0.2, 0.25) is 10.0 Å². The number of likely N-dealkylation sites (tertiary alicyclic amines) is 1. The van der Waals surface area contributed by atoms with Crippen LogP contribution < -0.4 is 9.61 Å². The number of aromatic amines is 1. The van der Waals surface area contributed by atoms with Crippen LogP contribution in [0.1, 0.15) is 21.9 Å². The Bertz CT molecular complexity index is 1400. The van der Waals surface area contributed by atoms with E-state index in [-0.39, 0.29) is 11.5 Å². The van der Waals surface area contributed by atoms with Gasteiger partial charge in [0.25, 0.3) is 0 Å². The van der Waals surface area contributed by atoms with Crippen molar-refractivity contribution in [2.75, 3.05) is 6.54 Å². The van der Waals surface area contributed by atoms with Crippen LogP contribution in [0.4, 0.5) is 0 Å². The van der Waals surface area contributed by atoms with E-state index in [0.717, 1.165) is 33.6 Å². The van der Waals surface area contributed by atoms with Crippen molar-refractivity contribution in [1.82, 2.24) is 9.88 Å². The molecule has 3 heterocycles. The summed E-state index contributed by atoms with van der Waals surface area (Å²) in [6, 6.07) is 12.1. The molecule has 0 aliphatic carbocycles. The molecular weight excluding hydrogens is 535 g/mol. The van der Waals surface area contributed by atoms with Gasteiger partial charge in [-0.15, -0.1) is 0 Å². The highest BCUT2D eigenvalue weighted by Crippen LogP contribution is 2.54. The number of imide groups is 1. The van der Waals surface area contributed by atoms with Crippen molar-refractivity contribution >= 4 is 64.1 Å². The Kier molecular flexibility index (Phi) is 6.39. The third kappa shape index (κ3) is 4.47. The van der Waals surface area contributed by atoms with E-state index in [1.807, 2.05) is 12.1 Å². The molecule has 0 radical (unpaired) electrons. The monoisotopic (exact) mass is 550 g/mol. The average Bonchev–Trinajstić information content (AvgIpc) is 3.29. The number of nitrogens with zero attached hydrogens (tertiary/aromatic N) is 1. The molecule has 12 heteroatoms. The molecule has 1 saturated heterocycles. The lowest BCUT2D eigenvalue weighted by Crippen LogP contribution is -2.36. The van der Waals surface area contributed by atoms with Crippen LogP contribution in [0.3, 0.4) is 0 Å². The van der Waals surface area contributed by atoms with E-state index in [2.05, 4.69) is 4.98 Å².